The summed E-state index contributed by atoms with van der Waals surface area (Å²) in [6.45, 7) is 19.3. The van der Waals surface area contributed by atoms with Gasteiger partial charge >= 0.3 is 23.9 Å². The van der Waals surface area contributed by atoms with E-state index in [4.69, 9.17) is 18.9 Å². The van der Waals surface area contributed by atoms with Gasteiger partial charge < -0.3 is 24.1 Å². The Morgan fingerprint density at radius 1 is 0.913 bits per heavy atom. The number of fused-ring (bicyclic) bond motifs is 4. The molecule has 9 nitrogen and oxygen atoms in total. The van der Waals surface area contributed by atoms with Crippen molar-refractivity contribution >= 4 is 23.9 Å². The molecule has 1 N–H and O–H groups in total. The maximum Gasteiger partial charge on any atom is 0.330 e. The first-order valence-corrected chi connectivity index (χ1v) is 16.9. The zero-order valence-corrected chi connectivity index (χ0v) is 29.8. The number of hydrogen-bond acceptors (Lipinski definition) is 8. The highest BCUT2D eigenvalue weighted by atomic mass is 16.6. The van der Waals surface area contributed by atoms with Crippen molar-refractivity contribution in [1.29, 1.82) is 0 Å². The number of aliphatic carboxylic acids is 1. The Labute approximate surface area is 274 Å². The van der Waals surface area contributed by atoms with Gasteiger partial charge in [0.25, 0.3) is 0 Å². The average Bonchev–Trinajstić information content (AvgIpc) is 3.18. The molecular formula is C37H56O9. The van der Waals surface area contributed by atoms with E-state index in [2.05, 4.69) is 41.5 Å². The number of hydrogen-bond donors (Lipinski definition) is 1. The summed E-state index contributed by atoms with van der Waals surface area (Å²) in [7, 11) is 1.76. The minimum Gasteiger partial charge on any atom is -0.478 e. The molecule has 4 aliphatic carbocycles. The Morgan fingerprint density at radius 2 is 1.52 bits per heavy atom. The predicted molar refractivity (Wildman–Crippen MR) is 172 cm³/mol. The van der Waals surface area contributed by atoms with Crippen LogP contribution in [0.1, 0.15) is 114 Å². The van der Waals surface area contributed by atoms with Gasteiger partial charge in [-0.25, -0.2) is 4.79 Å². The van der Waals surface area contributed by atoms with Gasteiger partial charge in [0.15, 0.2) is 0 Å². The Morgan fingerprint density at radius 3 is 2.07 bits per heavy atom. The van der Waals surface area contributed by atoms with Crippen molar-refractivity contribution in [1.82, 2.24) is 0 Å². The van der Waals surface area contributed by atoms with Crippen molar-refractivity contribution in [2.45, 2.75) is 139 Å². The van der Waals surface area contributed by atoms with E-state index < -0.39 is 29.6 Å². The second-order valence-electron chi connectivity index (χ2n) is 15.8. The highest BCUT2D eigenvalue weighted by Crippen LogP contribution is 2.73. The molecule has 0 radical (unpaired) electrons. The lowest BCUT2D eigenvalue weighted by Gasteiger charge is -2.64. The van der Waals surface area contributed by atoms with Gasteiger partial charge in [0.1, 0.15) is 18.3 Å². The summed E-state index contributed by atoms with van der Waals surface area (Å²) in [5, 5.41) is 9.46. The van der Waals surface area contributed by atoms with Crippen molar-refractivity contribution in [3.63, 3.8) is 0 Å². The fourth-order valence-electron chi connectivity index (χ4n) is 10.6. The lowest BCUT2D eigenvalue weighted by molar-refractivity contribution is -0.172. The van der Waals surface area contributed by atoms with E-state index in [1.807, 2.05) is 0 Å². The van der Waals surface area contributed by atoms with Crippen LogP contribution in [0.4, 0.5) is 0 Å². The zero-order valence-electron chi connectivity index (χ0n) is 29.8. The number of carboxylic acid groups (broad SMARTS) is 1. The molecule has 4 aliphatic rings. The zero-order chi connectivity index (χ0) is 34.6. The summed E-state index contributed by atoms with van der Waals surface area (Å²) in [5.41, 5.74) is 1.55. The van der Waals surface area contributed by atoms with E-state index in [1.54, 1.807) is 20.1 Å². The molecule has 2 fully saturated rings. The Balaban J connectivity index is 1.84. The lowest BCUT2D eigenvalue weighted by atomic mass is 9.42. The van der Waals surface area contributed by atoms with Gasteiger partial charge in [-0.05, 0) is 79.6 Å². The summed E-state index contributed by atoms with van der Waals surface area (Å²) in [6, 6.07) is 0. The summed E-state index contributed by atoms with van der Waals surface area (Å²) in [4.78, 5) is 48.6. The van der Waals surface area contributed by atoms with Crippen molar-refractivity contribution in [3.8, 4) is 0 Å². The number of esters is 3. The van der Waals surface area contributed by atoms with Crippen LogP contribution in [0.15, 0.2) is 22.8 Å². The molecule has 0 bridgehead atoms. The SMILES string of the molecule is CO[C@@H]1C[C@H]2C(C)(C)[C@@H](OC(C)=O)CC[C@]2(C)C2=C1[C@]1(C)[C@@H](OC(C)=O)C[C@H]([C@H](C)[C@H](C/C=C(\C)C(=O)O)OC(C)=O)[C@@]1(C)CC2. The smallest absolute Gasteiger partial charge is 0.330 e. The average molecular weight is 645 g/mol. The van der Waals surface area contributed by atoms with Crippen LogP contribution in [0.5, 0.6) is 0 Å². The molecule has 0 amide bonds. The van der Waals surface area contributed by atoms with Crippen molar-refractivity contribution in [2.24, 2.45) is 39.4 Å². The van der Waals surface area contributed by atoms with E-state index in [9.17, 15) is 24.3 Å². The Kier molecular flexibility index (Phi) is 10.0. The maximum absolute atomic E-state index is 12.7. The van der Waals surface area contributed by atoms with E-state index >= 15 is 0 Å². The van der Waals surface area contributed by atoms with Crippen LogP contribution in [0.3, 0.4) is 0 Å². The van der Waals surface area contributed by atoms with Gasteiger partial charge in [-0.1, -0.05) is 53.2 Å². The van der Waals surface area contributed by atoms with Gasteiger partial charge in [-0.3, -0.25) is 14.4 Å². The number of methoxy groups -OCH3 is 1. The van der Waals surface area contributed by atoms with Gasteiger partial charge in [0.05, 0.1) is 6.10 Å². The molecule has 4 rings (SSSR count). The Bertz CT molecular complexity index is 1310. The first-order valence-electron chi connectivity index (χ1n) is 16.9. The quantitative estimate of drug-likeness (QED) is 0.125. The number of carboxylic acids is 1. The standard InChI is InChI=1S/C37H56O9/c1-20(33(41)42)12-13-27(44-22(3)38)21(2)26-18-31(46-24(5)40)37(10)32-25(14-17-36(26,37)9)35(8)16-15-30(45-23(4)39)34(6,7)29(35)19-28(32)43-11/h12,21,26-31H,13-19H2,1-11H3,(H,41,42)/b20-12+/t21-,26+,27-,28+,29-,30-,31-,35+,36+,37-/m0/s1. The van der Waals surface area contributed by atoms with E-state index in [-0.39, 0.29) is 70.1 Å². The van der Waals surface area contributed by atoms with Crippen LogP contribution in [0.25, 0.3) is 0 Å². The van der Waals surface area contributed by atoms with Gasteiger partial charge in [-0.2, -0.15) is 0 Å². The molecule has 9 heteroatoms. The number of allylic oxidation sites excluding steroid dienone is 1. The first-order chi connectivity index (χ1) is 21.2. The summed E-state index contributed by atoms with van der Waals surface area (Å²) < 4.78 is 24.4. The fraction of sp³-hybridized carbons (Fsp3) is 0.784. The first kappa shape index (κ1) is 36.2. The summed E-state index contributed by atoms with van der Waals surface area (Å²) in [6.07, 6.45) is 5.36. The number of carbonyl (C=O) groups is 4. The number of rotatable bonds is 9. The molecule has 0 heterocycles. The predicted octanol–water partition coefficient (Wildman–Crippen LogP) is 6.82. The molecule has 0 aliphatic heterocycles. The highest BCUT2D eigenvalue weighted by Gasteiger charge is 2.70. The van der Waals surface area contributed by atoms with E-state index in [0.29, 0.717) is 6.42 Å². The normalized spacial score (nSPS) is 38.1. The second kappa shape index (κ2) is 12.7. The van der Waals surface area contributed by atoms with E-state index in [1.165, 1.54) is 31.9 Å². The van der Waals surface area contributed by atoms with Gasteiger partial charge in [0, 0.05) is 50.7 Å². The maximum atomic E-state index is 12.7. The van der Waals surface area contributed by atoms with Crippen molar-refractivity contribution in [2.75, 3.05) is 7.11 Å². The van der Waals surface area contributed by atoms with Gasteiger partial charge in [0.2, 0.25) is 0 Å². The van der Waals surface area contributed by atoms with Crippen molar-refractivity contribution in [3.05, 3.63) is 22.8 Å². The third-order valence-corrected chi connectivity index (χ3v) is 13.2. The van der Waals surface area contributed by atoms with Crippen LogP contribution < -0.4 is 0 Å². The molecule has 0 aromatic heterocycles. The molecule has 0 saturated heterocycles. The summed E-state index contributed by atoms with van der Waals surface area (Å²) >= 11 is 0. The van der Waals surface area contributed by atoms with Crippen LogP contribution in [-0.4, -0.2) is 60.5 Å². The highest BCUT2D eigenvalue weighted by molar-refractivity contribution is 5.85. The van der Waals surface area contributed by atoms with Crippen molar-refractivity contribution < 1.29 is 43.2 Å². The molecule has 0 unspecified atom stereocenters. The molecule has 10 atom stereocenters. The molecule has 0 spiro atoms. The molecule has 2 saturated carbocycles. The monoisotopic (exact) mass is 644 g/mol. The molecule has 46 heavy (non-hydrogen) atoms. The van der Waals surface area contributed by atoms with Crippen LogP contribution in [0, 0.1) is 39.4 Å². The molecule has 0 aromatic rings. The lowest BCUT2D eigenvalue weighted by Crippen LogP contribution is -2.60. The second-order valence-corrected chi connectivity index (χ2v) is 15.8. The molecular weight excluding hydrogens is 588 g/mol. The summed E-state index contributed by atoms with van der Waals surface area (Å²) in [5.74, 6) is -1.91. The van der Waals surface area contributed by atoms with Crippen LogP contribution in [0.2, 0.25) is 0 Å². The number of ether oxygens (including phenoxy) is 4. The van der Waals surface area contributed by atoms with Crippen LogP contribution in [-0.2, 0) is 38.1 Å². The van der Waals surface area contributed by atoms with Gasteiger partial charge in [-0.15, -0.1) is 0 Å². The number of carbonyl (C=O) groups excluding carboxylic acids is 3. The third-order valence-electron chi connectivity index (χ3n) is 13.2. The molecule has 0 aromatic carbocycles. The topological polar surface area (TPSA) is 125 Å². The largest absolute Gasteiger partial charge is 0.478 e. The van der Waals surface area contributed by atoms with Crippen LogP contribution >= 0.6 is 0 Å². The minimum absolute atomic E-state index is 0.0120. The van der Waals surface area contributed by atoms with E-state index in [0.717, 1.165) is 32.1 Å². The molecule has 258 valence electrons. The fourth-order valence-corrected chi connectivity index (χ4v) is 10.6. The third kappa shape index (κ3) is 5.83. The minimum atomic E-state index is -1.00. The Hall–Kier alpha value is -2.68.